The lowest BCUT2D eigenvalue weighted by Gasteiger charge is -2.12. The number of benzene rings is 1. The third kappa shape index (κ3) is 3.07. The minimum absolute atomic E-state index is 0.223. The van der Waals surface area contributed by atoms with Crippen molar-refractivity contribution in [3.8, 4) is 0 Å². The van der Waals surface area contributed by atoms with E-state index >= 15 is 0 Å². The molecular formula is C14H19NO2. The maximum Gasteiger partial charge on any atom is 0.310 e. The van der Waals surface area contributed by atoms with Gasteiger partial charge < -0.3 is 10.5 Å². The lowest BCUT2D eigenvalue weighted by Crippen LogP contribution is -2.26. The molecule has 0 bridgehead atoms. The van der Waals surface area contributed by atoms with Crippen molar-refractivity contribution in [1.29, 1.82) is 0 Å². The smallest absolute Gasteiger partial charge is 0.310 e. The van der Waals surface area contributed by atoms with Gasteiger partial charge in [-0.2, -0.15) is 0 Å². The van der Waals surface area contributed by atoms with Crippen LogP contribution in [0.3, 0.4) is 0 Å². The molecule has 2 rings (SSSR count). The monoisotopic (exact) mass is 233 g/mol. The Morgan fingerprint density at radius 1 is 1.41 bits per heavy atom. The number of hydrogen-bond donors (Lipinski definition) is 1. The van der Waals surface area contributed by atoms with Gasteiger partial charge in [0.2, 0.25) is 0 Å². The van der Waals surface area contributed by atoms with E-state index in [-0.39, 0.29) is 11.9 Å². The first kappa shape index (κ1) is 12.1. The first-order valence-corrected chi connectivity index (χ1v) is 6.11. The molecule has 92 valence electrons. The zero-order valence-corrected chi connectivity index (χ0v) is 10.2. The van der Waals surface area contributed by atoms with Gasteiger partial charge in [-0.3, -0.25) is 4.79 Å². The summed E-state index contributed by atoms with van der Waals surface area (Å²) in [6.45, 7) is 0.330. The standard InChI is InChI=1S/C14H19NO2/c1-17-14(16)13(9-15)8-10-2-4-11(5-3-10)12-6-7-12/h2-5,12-13H,6-9,15H2,1H3. The first-order valence-electron chi connectivity index (χ1n) is 6.11. The fourth-order valence-corrected chi connectivity index (χ4v) is 2.06. The highest BCUT2D eigenvalue weighted by molar-refractivity contribution is 5.72. The van der Waals surface area contributed by atoms with Crippen LogP contribution in [0.4, 0.5) is 0 Å². The highest BCUT2D eigenvalue weighted by atomic mass is 16.5. The van der Waals surface area contributed by atoms with Crippen molar-refractivity contribution in [2.45, 2.75) is 25.2 Å². The van der Waals surface area contributed by atoms with Crippen molar-refractivity contribution in [1.82, 2.24) is 0 Å². The first-order chi connectivity index (χ1) is 8.24. The zero-order valence-electron chi connectivity index (χ0n) is 10.2. The van der Waals surface area contributed by atoms with Gasteiger partial charge in [-0.25, -0.2) is 0 Å². The number of nitrogens with two attached hydrogens (primary N) is 1. The van der Waals surface area contributed by atoms with Crippen molar-refractivity contribution >= 4 is 5.97 Å². The van der Waals surface area contributed by atoms with Crippen LogP contribution < -0.4 is 5.73 Å². The van der Waals surface area contributed by atoms with Gasteiger partial charge in [0.15, 0.2) is 0 Å². The van der Waals surface area contributed by atoms with Crippen LogP contribution in [0.1, 0.15) is 29.9 Å². The molecule has 1 aliphatic carbocycles. The number of carbonyl (C=O) groups excluding carboxylic acids is 1. The Morgan fingerprint density at radius 2 is 2.06 bits per heavy atom. The van der Waals surface area contributed by atoms with E-state index in [2.05, 4.69) is 24.3 Å². The summed E-state index contributed by atoms with van der Waals surface area (Å²) in [6.07, 6.45) is 3.29. The minimum Gasteiger partial charge on any atom is -0.469 e. The molecular weight excluding hydrogens is 214 g/mol. The van der Waals surface area contributed by atoms with Crippen molar-refractivity contribution in [3.05, 3.63) is 35.4 Å². The molecule has 0 amide bonds. The molecule has 0 aliphatic heterocycles. The van der Waals surface area contributed by atoms with Gasteiger partial charge >= 0.3 is 5.97 Å². The molecule has 1 atom stereocenters. The van der Waals surface area contributed by atoms with Crippen LogP contribution in [0.2, 0.25) is 0 Å². The normalized spacial score (nSPS) is 16.6. The molecule has 0 spiro atoms. The van der Waals surface area contributed by atoms with Crippen molar-refractivity contribution < 1.29 is 9.53 Å². The number of ether oxygens (including phenoxy) is 1. The largest absolute Gasteiger partial charge is 0.469 e. The zero-order chi connectivity index (χ0) is 12.3. The average molecular weight is 233 g/mol. The minimum atomic E-state index is -0.230. The molecule has 3 nitrogen and oxygen atoms in total. The van der Waals surface area contributed by atoms with E-state index in [0.717, 1.165) is 11.5 Å². The highest BCUT2D eigenvalue weighted by Gasteiger charge is 2.23. The average Bonchev–Trinajstić information content (AvgIpc) is 3.20. The molecule has 0 heterocycles. The van der Waals surface area contributed by atoms with Crippen LogP contribution in [-0.2, 0) is 16.0 Å². The van der Waals surface area contributed by atoms with E-state index in [0.29, 0.717) is 13.0 Å². The number of carbonyl (C=O) groups is 1. The summed E-state index contributed by atoms with van der Waals surface area (Å²) in [5, 5.41) is 0. The summed E-state index contributed by atoms with van der Waals surface area (Å²) < 4.78 is 4.73. The third-order valence-corrected chi connectivity index (χ3v) is 3.33. The van der Waals surface area contributed by atoms with E-state index in [1.807, 2.05) is 0 Å². The second-order valence-corrected chi connectivity index (χ2v) is 4.68. The Bertz CT molecular complexity index is 382. The van der Waals surface area contributed by atoms with E-state index < -0.39 is 0 Å². The SMILES string of the molecule is COC(=O)C(CN)Cc1ccc(C2CC2)cc1. The molecule has 1 fully saturated rings. The number of rotatable bonds is 5. The molecule has 0 aromatic heterocycles. The van der Waals surface area contributed by atoms with Crippen LogP contribution in [0, 0.1) is 5.92 Å². The lowest BCUT2D eigenvalue weighted by molar-refractivity contribution is -0.145. The second kappa shape index (κ2) is 5.32. The predicted octanol–water partition coefficient (Wildman–Crippen LogP) is 1.85. The van der Waals surface area contributed by atoms with Gasteiger partial charge in [0.1, 0.15) is 0 Å². The maximum atomic E-state index is 11.4. The van der Waals surface area contributed by atoms with Crippen molar-refractivity contribution in [2.75, 3.05) is 13.7 Å². The van der Waals surface area contributed by atoms with Gasteiger partial charge in [0, 0.05) is 6.54 Å². The second-order valence-electron chi connectivity index (χ2n) is 4.68. The fourth-order valence-electron chi connectivity index (χ4n) is 2.06. The van der Waals surface area contributed by atoms with E-state index in [1.54, 1.807) is 0 Å². The molecule has 1 saturated carbocycles. The van der Waals surface area contributed by atoms with E-state index in [4.69, 9.17) is 10.5 Å². The maximum absolute atomic E-state index is 11.4. The predicted molar refractivity (Wildman–Crippen MR) is 66.7 cm³/mol. The van der Waals surface area contributed by atoms with Gasteiger partial charge in [-0.05, 0) is 36.3 Å². The van der Waals surface area contributed by atoms with Crippen molar-refractivity contribution in [3.63, 3.8) is 0 Å². The van der Waals surface area contributed by atoms with Crippen LogP contribution in [0.15, 0.2) is 24.3 Å². The summed E-state index contributed by atoms with van der Waals surface area (Å²) in [5.41, 5.74) is 8.15. The van der Waals surface area contributed by atoms with Gasteiger partial charge in [0.25, 0.3) is 0 Å². The highest BCUT2D eigenvalue weighted by Crippen LogP contribution is 2.39. The Kier molecular flexibility index (Phi) is 3.79. The molecule has 1 aromatic carbocycles. The number of hydrogen-bond acceptors (Lipinski definition) is 3. The summed E-state index contributed by atoms with van der Waals surface area (Å²) in [6, 6.07) is 8.52. The quantitative estimate of drug-likeness (QED) is 0.790. The van der Waals surface area contributed by atoms with E-state index in [1.165, 1.54) is 25.5 Å². The van der Waals surface area contributed by atoms with Crippen LogP contribution in [0.25, 0.3) is 0 Å². The topological polar surface area (TPSA) is 52.3 Å². The summed E-state index contributed by atoms with van der Waals surface area (Å²) in [7, 11) is 1.40. The Labute approximate surface area is 102 Å². The lowest BCUT2D eigenvalue weighted by atomic mass is 9.98. The van der Waals surface area contributed by atoms with E-state index in [9.17, 15) is 4.79 Å². The van der Waals surface area contributed by atoms with Crippen LogP contribution in [0.5, 0.6) is 0 Å². The van der Waals surface area contributed by atoms with Crippen LogP contribution >= 0.6 is 0 Å². The molecule has 2 N–H and O–H groups in total. The fraction of sp³-hybridized carbons (Fsp3) is 0.500. The summed E-state index contributed by atoms with van der Waals surface area (Å²) >= 11 is 0. The molecule has 0 radical (unpaired) electrons. The Balaban J connectivity index is 1.99. The van der Waals surface area contributed by atoms with Gasteiger partial charge in [-0.15, -0.1) is 0 Å². The van der Waals surface area contributed by atoms with Crippen LogP contribution in [-0.4, -0.2) is 19.6 Å². The summed E-state index contributed by atoms with van der Waals surface area (Å²) in [5.74, 6) is 0.320. The number of esters is 1. The molecule has 17 heavy (non-hydrogen) atoms. The molecule has 1 unspecified atom stereocenters. The molecule has 1 aliphatic rings. The Hall–Kier alpha value is -1.35. The van der Waals surface area contributed by atoms with Gasteiger partial charge in [0.05, 0.1) is 13.0 Å². The molecule has 1 aromatic rings. The molecule has 0 saturated heterocycles. The third-order valence-electron chi connectivity index (χ3n) is 3.33. The van der Waals surface area contributed by atoms with Crippen molar-refractivity contribution in [2.24, 2.45) is 11.7 Å². The Morgan fingerprint density at radius 3 is 2.53 bits per heavy atom. The summed E-state index contributed by atoms with van der Waals surface area (Å²) in [4.78, 5) is 11.4. The van der Waals surface area contributed by atoms with Gasteiger partial charge in [-0.1, -0.05) is 24.3 Å². The number of methoxy groups -OCH3 is 1. The molecule has 3 heteroatoms.